The van der Waals surface area contributed by atoms with Crippen molar-refractivity contribution in [1.82, 2.24) is 9.99 Å². The number of carbonyl (C=O) groups is 1. The molecular weight excluding hydrogens is 390 g/mol. The highest BCUT2D eigenvalue weighted by atomic mass is 16.5. The molecule has 0 bridgehead atoms. The van der Waals surface area contributed by atoms with E-state index in [1.165, 1.54) is 0 Å². The molecule has 1 aliphatic rings. The van der Waals surface area contributed by atoms with Gasteiger partial charge in [0.25, 0.3) is 5.91 Å². The van der Waals surface area contributed by atoms with Crippen LogP contribution >= 0.6 is 0 Å². The summed E-state index contributed by atoms with van der Waals surface area (Å²) in [5, 5.41) is 7.15. The van der Waals surface area contributed by atoms with E-state index in [0.717, 1.165) is 39.1 Å². The van der Waals surface area contributed by atoms with Crippen LogP contribution in [0.5, 0.6) is 11.5 Å². The Morgan fingerprint density at radius 1 is 0.903 bits per heavy atom. The van der Waals surface area contributed by atoms with E-state index in [1.54, 1.807) is 25.4 Å². The quantitative estimate of drug-likeness (QED) is 0.481. The lowest BCUT2D eigenvalue weighted by molar-refractivity contribution is 0.0752. The molecule has 1 aromatic heterocycles. The minimum Gasteiger partial charge on any atom is -0.497 e. The van der Waals surface area contributed by atoms with Gasteiger partial charge in [-0.2, -0.15) is 5.10 Å². The Bertz CT molecular complexity index is 1270. The smallest absolute Gasteiger partial charge is 0.291 e. The summed E-state index contributed by atoms with van der Waals surface area (Å²) in [6, 6.07) is 22.9. The third-order valence-corrected chi connectivity index (χ3v) is 5.56. The first kappa shape index (κ1) is 18.9. The normalized spacial score (nSPS) is 15.6. The van der Waals surface area contributed by atoms with Gasteiger partial charge in [-0.25, -0.2) is 5.01 Å². The minimum atomic E-state index is -0.334. The Morgan fingerprint density at radius 3 is 2.23 bits per heavy atom. The van der Waals surface area contributed by atoms with Crippen LogP contribution in [0.2, 0.25) is 0 Å². The van der Waals surface area contributed by atoms with Crippen LogP contribution in [0.15, 0.2) is 77.9 Å². The Morgan fingerprint density at radius 2 is 1.55 bits per heavy atom. The van der Waals surface area contributed by atoms with Crippen LogP contribution in [0.3, 0.4) is 0 Å². The van der Waals surface area contributed by atoms with E-state index in [4.69, 9.17) is 9.47 Å². The number of ether oxygens (including phenoxy) is 2. The molecule has 0 aliphatic carbocycles. The fourth-order valence-electron chi connectivity index (χ4n) is 4.00. The maximum Gasteiger partial charge on any atom is 0.291 e. The largest absolute Gasteiger partial charge is 0.497 e. The second-order valence-corrected chi connectivity index (χ2v) is 7.30. The Balaban J connectivity index is 1.59. The third kappa shape index (κ3) is 3.22. The molecule has 1 amide bonds. The summed E-state index contributed by atoms with van der Waals surface area (Å²) in [6.45, 7) is 0. The summed E-state index contributed by atoms with van der Waals surface area (Å²) < 4.78 is 10.5. The minimum absolute atomic E-state index is 0.156. The standard InChI is InChI=1S/C25H21N3O3/c1-30-18-11-7-16(8-12-18)15-26-28-24(17-9-13-19(31-2)14-10-17)22-20-5-3-4-6-21(20)27-23(22)25(28)29/h3-15,24,27H,1-2H3. The molecule has 6 heteroatoms. The average Bonchev–Trinajstić information content (AvgIpc) is 3.33. The van der Waals surface area contributed by atoms with Gasteiger partial charge in [-0.15, -0.1) is 0 Å². The summed E-state index contributed by atoms with van der Waals surface area (Å²) >= 11 is 0. The van der Waals surface area contributed by atoms with Crippen molar-refractivity contribution in [2.75, 3.05) is 14.2 Å². The van der Waals surface area contributed by atoms with Gasteiger partial charge in [-0.1, -0.05) is 30.3 Å². The van der Waals surface area contributed by atoms with E-state index in [9.17, 15) is 4.79 Å². The number of nitrogens with one attached hydrogen (secondary N) is 1. The number of para-hydroxylation sites is 1. The van der Waals surface area contributed by atoms with Gasteiger partial charge in [0, 0.05) is 16.5 Å². The Hall–Kier alpha value is -4.06. The highest BCUT2D eigenvalue weighted by Crippen LogP contribution is 2.43. The molecule has 3 aromatic carbocycles. The number of fused-ring (bicyclic) bond motifs is 3. The summed E-state index contributed by atoms with van der Waals surface area (Å²) in [7, 11) is 3.26. The van der Waals surface area contributed by atoms with Gasteiger partial charge in [-0.3, -0.25) is 4.79 Å². The van der Waals surface area contributed by atoms with Crippen molar-refractivity contribution in [2.24, 2.45) is 5.10 Å². The summed E-state index contributed by atoms with van der Waals surface area (Å²) in [5.41, 5.74) is 4.30. The van der Waals surface area contributed by atoms with Gasteiger partial charge in [0.15, 0.2) is 0 Å². The molecule has 1 N–H and O–H groups in total. The molecule has 31 heavy (non-hydrogen) atoms. The van der Waals surface area contributed by atoms with Crippen molar-refractivity contribution in [1.29, 1.82) is 0 Å². The number of hydrogen-bond acceptors (Lipinski definition) is 4. The fraction of sp³-hybridized carbons (Fsp3) is 0.120. The average molecular weight is 411 g/mol. The van der Waals surface area contributed by atoms with E-state index >= 15 is 0 Å². The van der Waals surface area contributed by atoms with Crippen LogP contribution in [0.1, 0.15) is 33.2 Å². The molecule has 0 spiro atoms. The first-order chi connectivity index (χ1) is 15.2. The molecule has 0 fully saturated rings. The highest BCUT2D eigenvalue weighted by Gasteiger charge is 2.41. The number of aromatic amines is 1. The monoisotopic (exact) mass is 411 g/mol. The molecular formula is C25H21N3O3. The van der Waals surface area contributed by atoms with Crippen LogP contribution in [0.4, 0.5) is 0 Å². The number of aromatic nitrogens is 1. The van der Waals surface area contributed by atoms with Gasteiger partial charge in [0.05, 0.1) is 20.4 Å². The van der Waals surface area contributed by atoms with Gasteiger partial charge in [-0.05, 0) is 53.6 Å². The number of hydrazone groups is 1. The lowest BCUT2D eigenvalue weighted by atomic mass is 9.98. The number of H-pyrrole nitrogens is 1. The van der Waals surface area contributed by atoms with Crippen molar-refractivity contribution in [3.05, 3.63) is 95.2 Å². The molecule has 1 aliphatic heterocycles. The second kappa shape index (κ2) is 7.65. The summed E-state index contributed by atoms with van der Waals surface area (Å²) in [5.74, 6) is 1.38. The van der Waals surface area contributed by atoms with E-state index in [0.29, 0.717) is 5.69 Å². The molecule has 1 atom stereocenters. The lowest BCUT2D eigenvalue weighted by Crippen LogP contribution is -2.24. The molecule has 154 valence electrons. The predicted octanol–water partition coefficient (Wildman–Crippen LogP) is 4.76. The van der Waals surface area contributed by atoms with Crippen LogP contribution in [-0.2, 0) is 0 Å². The maximum atomic E-state index is 13.3. The highest BCUT2D eigenvalue weighted by molar-refractivity contribution is 6.05. The molecule has 4 aromatic rings. The van der Waals surface area contributed by atoms with Gasteiger partial charge < -0.3 is 14.5 Å². The van der Waals surface area contributed by atoms with Crippen molar-refractivity contribution < 1.29 is 14.3 Å². The molecule has 6 nitrogen and oxygen atoms in total. The molecule has 5 rings (SSSR count). The van der Waals surface area contributed by atoms with Crippen LogP contribution in [-0.4, -0.2) is 36.3 Å². The van der Waals surface area contributed by atoms with Gasteiger partial charge in [0.2, 0.25) is 0 Å². The zero-order valence-electron chi connectivity index (χ0n) is 17.2. The van der Waals surface area contributed by atoms with Crippen LogP contribution < -0.4 is 9.47 Å². The maximum absolute atomic E-state index is 13.3. The number of amides is 1. The lowest BCUT2D eigenvalue weighted by Gasteiger charge is -2.21. The zero-order chi connectivity index (χ0) is 21.4. The van der Waals surface area contributed by atoms with Crippen molar-refractivity contribution in [3.8, 4) is 11.5 Å². The first-order valence-electron chi connectivity index (χ1n) is 9.95. The van der Waals surface area contributed by atoms with Crippen molar-refractivity contribution in [3.63, 3.8) is 0 Å². The van der Waals surface area contributed by atoms with E-state index in [-0.39, 0.29) is 11.9 Å². The number of carbonyl (C=O) groups excluding carboxylic acids is 1. The van der Waals surface area contributed by atoms with Gasteiger partial charge >= 0.3 is 0 Å². The number of benzene rings is 3. The molecule has 0 saturated carbocycles. The van der Waals surface area contributed by atoms with Gasteiger partial charge in [0.1, 0.15) is 23.2 Å². The zero-order valence-corrected chi connectivity index (χ0v) is 17.2. The Kier molecular flexibility index (Phi) is 4.67. The van der Waals surface area contributed by atoms with E-state index < -0.39 is 0 Å². The van der Waals surface area contributed by atoms with Crippen LogP contribution in [0, 0.1) is 0 Å². The Labute approximate surface area is 179 Å². The summed E-state index contributed by atoms with van der Waals surface area (Å²) in [4.78, 5) is 16.6. The van der Waals surface area contributed by atoms with Crippen molar-refractivity contribution in [2.45, 2.75) is 6.04 Å². The van der Waals surface area contributed by atoms with Crippen molar-refractivity contribution >= 4 is 23.0 Å². The van der Waals surface area contributed by atoms with E-state index in [1.807, 2.05) is 72.8 Å². The molecule has 0 radical (unpaired) electrons. The SMILES string of the molecule is COc1ccc(C=NN2C(=O)c3[nH]c4ccccc4c3C2c2ccc(OC)cc2)cc1. The van der Waals surface area contributed by atoms with E-state index in [2.05, 4.69) is 10.1 Å². The topological polar surface area (TPSA) is 66.9 Å². The van der Waals surface area contributed by atoms with Crippen LogP contribution in [0.25, 0.3) is 10.9 Å². The second-order valence-electron chi connectivity index (χ2n) is 7.30. The fourth-order valence-corrected chi connectivity index (χ4v) is 4.00. The summed E-state index contributed by atoms with van der Waals surface area (Å²) in [6.07, 6.45) is 1.70. The number of hydrogen-bond donors (Lipinski definition) is 1. The number of rotatable bonds is 5. The molecule has 0 saturated heterocycles. The molecule has 2 heterocycles. The number of methoxy groups -OCH3 is 2. The third-order valence-electron chi connectivity index (χ3n) is 5.56. The first-order valence-corrected chi connectivity index (χ1v) is 9.95. The molecule has 1 unspecified atom stereocenters. The predicted molar refractivity (Wildman–Crippen MR) is 120 cm³/mol. The number of nitrogens with zero attached hydrogens (tertiary/aromatic N) is 2.